The third kappa shape index (κ3) is 4.15. The van der Waals surface area contributed by atoms with Crippen LogP contribution in [-0.4, -0.2) is 16.0 Å². The molecule has 0 aliphatic carbocycles. The van der Waals surface area contributed by atoms with Crippen molar-refractivity contribution in [1.29, 1.82) is 0 Å². The lowest BCUT2D eigenvalue weighted by molar-refractivity contribution is 0.0714. The van der Waals surface area contributed by atoms with Crippen molar-refractivity contribution >= 4 is 17.5 Å². The van der Waals surface area contributed by atoms with E-state index in [9.17, 15) is 4.79 Å². The van der Waals surface area contributed by atoms with E-state index in [1.807, 2.05) is 42.5 Å². The molecule has 0 aliphatic heterocycles. The molecule has 0 aliphatic rings. The Labute approximate surface area is 167 Å². The summed E-state index contributed by atoms with van der Waals surface area (Å²) in [6.45, 7) is 0.612. The quantitative estimate of drug-likeness (QED) is 0.439. The van der Waals surface area contributed by atoms with Gasteiger partial charge in [0.1, 0.15) is 11.5 Å². The summed E-state index contributed by atoms with van der Waals surface area (Å²) in [5.74, 6) is 1.21. The monoisotopic (exact) mass is 392 g/mol. The van der Waals surface area contributed by atoms with E-state index < -0.39 is 0 Å². The molecule has 4 aromatic rings. The summed E-state index contributed by atoms with van der Waals surface area (Å²) in [4.78, 5) is 14.7. The average molecular weight is 393 g/mol. The van der Waals surface area contributed by atoms with Crippen molar-refractivity contribution in [2.75, 3.05) is 0 Å². The number of hydrogen-bond donors (Lipinski definition) is 0. The number of aromatic nitrogens is 1. The highest BCUT2D eigenvalue weighted by Gasteiger charge is 2.20. The van der Waals surface area contributed by atoms with Gasteiger partial charge in [-0.1, -0.05) is 47.1 Å². The summed E-state index contributed by atoms with van der Waals surface area (Å²) in [5, 5.41) is 4.71. The standard InChI is InChI=1S/C22H17ClN2O3/c23-18-10-8-17(9-11-18)22(26)25(15-20-7-4-12-27-20)14-19-13-21(28-24-19)16-5-2-1-3-6-16/h1-13H,14-15H2. The van der Waals surface area contributed by atoms with Gasteiger partial charge in [-0.15, -0.1) is 0 Å². The maximum Gasteiger partial charge on any atom is 0.254 e. The van der Waals surface area contributed by atoms with Crippen molar-refractivity contribution in [3.63, 3.8) is 0 Å². The van der Waals surface area contributed by atoms with Gasteiger partial charge in [0, 0.05) is 22.2 Å². The first-order valence-electron chi connectivity index (χ1n) is 8.77. The van der Waals surface area contributed by atoms with Gasteiger partial charge in [-0.2, -0.15) is 0 Å². The SMILES string of the molecule is O=C(c1ccc(Cl)cc1)N(Cc1cc(-c2ccccc2)on1)Cc1ccco1. The van der Waals surface area contributed by atoms with Gasteiger partial charge in [0.2, 0.25) is 0 Å². The fraction of sp³-hybridized carbons (Fsp3) is 0.0909. The maximum atomic E-state index is 13.0. The van der Waals surface area contributed by atoms with Gasteiger partial charge < -0.3 is 13.8 Å². The van der Waals surface area contributed by atoms with E-state index in [1.54, 1.807) is 41.5 Å². The zero-order valence-corrected chi connectivity index (χ0v) is 15.7. The first-order chi connectivity index (χ1) is 13.7. The normalized spacial score (nSPS) is 10.8. The third-order valence-electron chi connectivity index (χ3n) is 4.28. The van der Waals surface area contributed by atoms with Crippen molar-refractivity contribution in [1.82, 2.24) is 10.1 Å². The fourth-order valence-electron chi connectivity index (χ4n) is 2.89. The summed E-state index contributed by atoms with van der Waals surface area (Å²) in [6, 6.07) is 22.0. The molecule has 0 saturated carbocycles. The summed E-state index contributed by atoms with van der Waals surface area (Å²) < 4.78 is 10.9. The van der Waals surface area contributed by atoms with Crippen molar-refractivity contribution in [3.05, 3.63) is 101 Å². The van der Waals surface area contributed by atoms with Crippen molar-refractivity contribution in [2.24, 2.45) is 0 Å². The van der Waals surface area contributed by atoms with E-state index in [0.717, 1.165) is 5.56 Å². The summed E-state index contributed by atoms with van der Waals surface area (Å²) in [5.41, 5.74) is 2.14. The summed E-state index contributed by atoms with van der Waals surface area (Å²) >= 11 is 5.94. The number of rotatable bonds is 6. The van der Waals surface area contributed by atoms with Crippen LogP contribution < -0.4 is 0 Å². The number of benzene rings is 2. The molecule has 0 spiro atoms. The molecule has 1 amide bonds. The fourth-order valence-corrected chi connectivity index (χ4v) is 3.01. The second kappa shape index (κ2) is 8.15. The van der Waals surface area contributed by atoms with E-state index >= 15 is 0 Å². The Hall–Kier alpha value is -3.31. The summed E-state index contributed by atoms with van der Waals surface area (Å²) in [7, 11) is 0. The van der Waals surface area contributed by atoms with Crippen LogP contribution in [0.1, 0.15) is 21.8 Å². The molecular formula is C22H17ClN2O3. The lowest BCUT2D eigenvalue weighted by atomic mass is 10.1. The molecule has 6 heteroatoms. The number of carbonyl (C=O) groups excluding carboxylic acids is 1. The van der Waals surface area contributed by atoms with E-state index in [1.165, 1.54) is 0 Å². The van der Waals surface area contributed by atoms with Crippen LogP contribution in [0.5, 0.6) is 0 Å². The number of furan rings is 1. The van der Waals surface area contributed by atoms with E-state index in [0.29, 0.717) is 40.9 Å². The van der Waals surface area contributed by atoms with Crippen LogP contribution >= 0.6 is 11.6 Å². The molecule has 2 heterocycles. The minimum absolute atomic E-state index is 0.141. The number of amides is 1. The average Bonchev–Trinajstić information content (AvgIpc) is 3.40. The van der Waals surface area contributed by atoms with E-state index in [4.69, 9.17) is 20.5 Å². The van der Waals surface area contributed by atoms with Crippen molar-refractivity contribution in [2.45, 2.75) is 13.1 Å². The van der Waals surface area contributed by atoms with Gasteiger partial charge in [-0.05, 0) is 36.4 Å². The lowest BCUT2D eigenvalue weighted by Crippen LogP contribution is -2.30. The highest BCUT2D eigenvalue weighted by molar-refractivity contribution is 6.30. The molecule has 5 nitrogen and oxygen atoms in total. The first-order valence-corrected chi connectivity index (χ1v) is 9.15. The first kappa shape index (κ1) is 18.1. The van der Waals surface area contributed by atoms with Gasteiger partial charge in [0.25, 0.3) is 5.91 Å². The van der Waals surface area contributed by atoms with E-state index in [-0.39, 0.29) is 5.91 Å². The smallest absolute Gasteiger partial charge is 0.254 e. The number of halogens is 1. The number of carbonyl (C=O) groups is 1. The molecule has 28 heavy (non-hydrogen) atoms. The predicted octanol–water partition coefficient (Wildman–Crippen LogP) is 5.43. The lowest BCUT2D eigenvalue weighted by Gasteiger charge is -2.20. The van der Waals surface area contributed by atoms with Gasteiger partial charge >= 0.3 is 0 Å². The summed E-state index contributed by atoms with van der Waals surface area (Å²) in [6.07, 6.45) is 1.59. The Kier molecular flexibility index (Phi) is 5.26. The second-order valence-electron chi connectivity index (χ2n) is 6.30. The molecule has 0 saturated heterocycles. The number of nitrogens with zero attached hydrogens (tertiary/aromatic N) is 2. The molecule has 0 radical (unpaired) electrons. The minimum Gasteiger partial charge on any atom is -0.467 e. The Balaban J connectivity index is 1.58. The Morgan fingerprint density at radius 3 is 2.46 bits per heavy atom. The molecule has 140 valence electrons. The Morgan fingerprint density at radius 1 is 0.964 bits per heavy atom. The Morgan fingerprint density at radius 2 is 1.75 bits per heavy atom. The largest absolute Gasteiger partial charge is 0.467 e. The van der Waals surface area contributed by atoms with Crippen LogP contribution in [0.15, 0.2) is 88.0 Å². The molecule has 0 unspecified atom stereocenters. The van der Waals surface area contributed by atoms with Gasteiger partial charge in [-0.3, -0.25) is 4.79 Å². The topological polar surface area (TPSA) is 59.5 Å². The van der Waals surface area contributed by atoms with Crippen LogP contribution in [0.4, 0.5) is 0 Å². The maximum absolute atomic E-state index is 13.0. The zero-order valence-electron chi connectivity index (χ0n) is 14.9. The molecule has 0 atom stereocenters. The Bertz CT molecular complexity index is 1040. The second-order valence-corrected chi connectivity index (χ2v) is 6.73. The zero-order chi connectivity index (χ0) is 19.3. The third-order valence-corrected chi connectivity index (χ3v) is 4.53. The van der Waals surface area contributed by atoms with Crippen LogP contribution in [-0.2, 0) is 13.1 Å². The molecular weight excluding hydrogens is 376 g/mol. The van der Waals surface area contributed by atoms with Crippen molar-refractivity contribution < 1.29 is 13.7 Å². The molecule has 2 aromatic carbocycles. The van der Waals surface area contributed by atoms with Gasteiger partial charge in [-0.25, -0.2) is 0 Å². The van der Waals surface area contributed by atoms with Gasteiger partial charge in [0.15, 0.2) is 5.76 Å². The predicted molar refractivity (Wildman–Crippen MR) is 106 cm³/mol. The molecule has 0 N–H and O–H groups in total. The molecule has 0 bridgehead atoms. The minimum atomic E-state index is -0.141. The van der Waals surface area contributed by atoms with E-state index in [2.05, 4.69) is 5.16 Å². The van der Waals surface area contributed by atoms with Crippen LogP contribution in [0.3, 0.4) is 0 Å². The highest BCUT2D eigenvalue weighted by atomic mass is 35.5. The number of hydrogen-bond acceptors (Lipinski definition) is 4. The molecule has 2 aromatic heterocycles. The van der Waals surface area contributed by atoms with Crippen LogP contribution in [0.25, 0.3) is 11.3 Å². The van der Waals surface area contributed by atoms with Crippen LogP contribution in [0, 0.1) is 0 Å². The highest BCUT2D eigenvalue weighted by Crippen LogP contribution is 2.22. The van der Waals surface area contributed by atoms with Crippen molar-refractivity contribution in [3.8, 4) is 11.3 Å². The molecule has 4 rings (SSSR count). The molecule has 0 fully saturated rings. The van der Waals surface area contributed by atoms with Crippen LogP contribution in [0.2, 0.25) is 5.02 Å². The van der Waals surface area contributed by atoms with Gasteiger partial charge in [0.05, 0.1) is 19.4 Å².